The monoisotopic (exact) mass is 372 g/mol. The van der Waals surface area contributed by atoms with Crippen LogP contribution < -0.4 is 10.6 Å². The van der Waals surface area contributed by atoms with E-state index in [4.69, 9.17) is 11.6 Å². The Labute approximate surface area is 145 Å². The maximum atomic E-state index is 12.6. The van der Waals surface area contributed by atoms with Crippen molar-refractivity contribution in [3.8, 4) is 0 Å². The highest BCUT2D eigenvalue weighted by molar-refractivity contribution is 7.89. The van der Waals surface area contributed by atoms with E-state index < -0.39 is 10.0 Å². The number of halogens is 1. The van der Waals surface area contributed by atoms with Gasteiger partial charge in [-0.25, -0.2) is 8.42 Å². The molecule has 2 saturated heterocycles. The Bertz CT molecular complexity index is 742. The summed E-state index contributed by atoms with van der Waals surface area (Å²) in [5, 5.41) is 4.68. The Kier molecular flexibility index (Phi) is 4.91. The minimum Gasteiger partial charge on any atom is -0.333 e. The zero-order valence-electron chi connectivity index (χ0n) is 12.9. The predicted octanol–water partition coefficient (Wildman–Crippen LogP) is -0.528. The lowest BCUT2D eigenvalue weighted by molar-refractivity contribution is -0.710. The molecule has 0 radical (unpaired) electrons. The van der Waals surface area contributed by atoms with Crippen molar-refractivity contribution in [1.82, 2.24) is 9.62 Å². The molecule has 2 heterocycles. The van der Waals surface area contributed by atoms with Crippen LogP contribution in [0.5, 0.6) is 0 Å². The van der Waals surface area contributed by atoms with Crippen molar-refractivity contribution in [3.63, 3.8) is 0 Å². The summed E-state index contributed by atoms with van der Waals surface area (Å²) in [7, 11) is -3.52. The molecule has 3 rings (SSSR count). The molecule has 24 heavy (non-hydrogen) atoms. The van der Waals surface area contributed by atoms with Crippen LogP contribution in [-0.4, -0.2) is 49.7 Å². The fraction of sp³-hybridized carbons (Fsp3) is 0.467. The number of sulfonamides is 1. The zero-order valence-corrected chi connectivity index (χ0v) is 14.5. The number of quaternary nitrogens is 1. The minimum absolute atomic E-state index is 0.142. The molecule has 0 bridgehead atoms. The molecule has 1 atom stereocenters. The molecule has 1 aromatic carbocycles. The first kappa shape index (κ1) is 17.3. The number of hydrogen-bond acceptors (Lipinski definition) is 4. The molecular formula is C15H19ClN3O4S+. The first-order chi connectivity index (χ1) is 11.4. The van der Waals surface area contributed by atoms with E-state index in [1.807, 2.05) is 5.32 Å². The van der Waals surface area contributed by atoms with E-state index in [0.717, 1.165) is 0 Å². The van der Waals surface area contributed by atoms with E-state index in [-0.39, 0.29) is 35.2 Å². The maximum Gasteiger partial charge on any atom is 0.285 e. The fourth-order valence-electron chi connectivity index (χ4n) is 3.12. The average molecular weight is 373 g/mol. The van der Waals surface area contributed by atoms with Gasteiger partial charge in [0.25, 0.3) is 5.91 Å². The third-order valence-corrected chi connectivity index (χ3v) is 6.62. The number of carbonyl (C=O) groups excluding carboxylic acids is 2. The molecule has 0 unspecified atom stereocenters. The molecule has 2 aliphatic rings. The predicted molar refractivity (Wildman–Crippen MR) is 86.7 cm³/mol. The standard InChI is InChI=1S/C15H18ClN3O4S/c16-10-1-3-12(4-2-10)24(22,23)19-7-5-11(6-8-19)17-13-9-14(20)18-15(13)21/h1-4,11,13,17H,5-9H2,(H,18,20,21)/p+1/t13-/m0/s1. The summed E-state index contributed by atoms with van der Waals surface area (Å²) in [6, 6.07) is 5.88. The van der Waals surface area contributed by atoms with Crippen molar-refractivity contribution in [3.05, 3.63) is 29.3 Å². The molecule has 0 aromatic heterocycles. The number of nitrogens with one attached hydrogen (secondary N) is 1. The SMILES string of the molecule is O=C1C[C@H]([NH2+]C2CCN(S(=O)(=O)c3ccc(Cl)cc3)CC2)C(=O)N1. The second-order valence-electron chi connectivity index (χ2n) is 6.11. The fourth-order valence-corrected chi connectivity index (χ4v) is 4.72. The second kappa shape index (κ2) is 6.79. The van der Waals surface area contributed by atoms with Crippen molar-refractivity contribution >= 4 is 33.4 Å². The Morgan fingerprint density at radius 2 is 1.75 bits per heavy atom. The van der Waals surface area contributed by atoms with Gasteiger partial charge in [0, 0.05) is 31.0 Å². The highest BCUT2D eigenvalue weighted by Gasteiger charge is 2.38. The van der Waals surface area contributed by atoms with Crippen LogP contribution in [0.25, 0.3) is 0 Å². The van der Waals surface area contributed by atoms with Gasteiger partial charge in [-0.15, -0.1) is 0 Å². The molecule has 9 heteroatoms. The number of carbonyl (C=O) groups is 2. The summed E-state index contributed by atoms with van der Waals surface area (Å²) in [6.07, 6.45) is 1.48. The number of piperidine rings is 1. The topological polar surface area (TPSA) is 100 Å². The number of hydrogen-bond donors (Lipinski definition) is 2. The summed E-state index contributed by atoms with van der Waals surface area (Å²) in [5.74, 6) is -0.500. The van der Waals surface area contributed by atoms with Crippen molar-refractivity contribution in [1.29, 1.82) is 0 Å². The number of amides is 2. The molecule has 0 saturated carbocycles. The molecule has 3 N–H and O–H groups in total. The third kappa shape index (κ3) is 3.61. The van der Waals surface area contributed by atoms with Crippen LogP contribution in [0.1, 0.15) is 19.3 Å². The van der Waals surface area contributed by atoms with E-state index in [0.29, 0.717) is 31.0 Å². The Morgan fingerprint density at radius 1 is 1.12 bits per heavy atom. The number of rotatable bonds is 4. The minimum atomic E-state index is -3.52. The number of nitrogens with zero attached hydrogens (tertiary/aromatic N) is 1. The van der Waals surface area contributed by atoms with Crippen LogP contribution in [0.3, 0.4) is 0 Å². The van der Waals surface area contributed by atoms with Gasteiger partial charge in [-0.2, -0.15) is 4.31 Å². The molecule has 2 fully saturated rings. The van der Waals surface area contributed by atoms with E-state index in [9.17, 15) is 18.0 Å². The molecular weight excluding hydrogens is 354 g/mol. The normalized spacial score (nSPS) is 23.5. The highest BCUT2D eigenvalue weighted by atomic mass is 35.5. The van der Waals surface area contributed by atoms with Crippen molar-refractivity contribution < 1.29 is 23.3 Å². The van der Waals surface area contributed by atoms with Gasteiger partial charge >= 0.3 is 0 Å². The first-order valence-corrected chi connectivity index (χ1v) is 9.62. The summed E-state index contributed by atoms with van der Waals surface area (Å²) < 4.78 is 26.7. The van der Waals surface area contributed by atoms with Gasteiger partial charge in [-0.3, -0.25) is 14.9 Å². The van der Waals surface area contributed by atoms with Gasteiger partial charge in [-0.1, -0.05) is 11.6 Å². The quantitative estimate of drug-likeness (QED) is 0.694. The Hall–Kier alpha value is -1.48. The largest absolute Gasteiger partial charge is 0.333 e. The summed E-state index contributed by atoms with van der Waals surface area (Å²) in [4.78, 5) is 23.1. The summed E-state index contributed by atoms with van der Waals surface area (Å²) in [6.45, 7) is 0.794. The second-order valence-corrected chi connectivity index (χ2v) is 8.49. The smallest absolute Gasteiger partial charge is 0.285 e. The number of nitrogens with two attached hydrogens (primary N) is 1. The molecule has 2 aliphatic heterocycles. The molecule has 0 aliphatic carbocycles. The lowest BCUT2D eigenvalue weighted by Gasteiger charge is -2.30. The molecule has 7 nitrogen and oxygen atoms in total. The van der Waals surface area contributed by atoms with Gasteiger partial charge in [0.15, 0.2) is 6.04 Å². The summed E-state index contributed by atoms with van der Waals surface area (Å²) in [5.41, 5.74) is 0. The maximum absolute atomic E-state index is 12.6. The summed E-state index contributed by atoms with van der Waals surface area (Å²) >= 11 is 5.80. The zero-order chi connectivity index (χ0) is 17.3. The molecule has 1 aromatic rings. The lowest BCUT2D eigenvalue weighted by atomic mass is 10.1. The van der Waals surface area contributed by atoms with Gasteiger partial charge in [0.2, 0.25) is 15.9 Å². The van der Waals surface area contributed by atoms with Gasteiger partial charge in [0.05, 0.1) is 17.4 Å². The Balaban J connectivity index is 1.59. The van der Waals surface area contributed by atoms with Crippen LogP contribution in [0.15, 0.2) is 29.2 Å². The van der Waals surface area contributed by atoms with Gasteiger partial charge in [-0.05, 0) is 24.3 Å². The van der Waals surface area contributed by atoms with E-state index in [1.54, 1.807) is 12.1 Å². The van der Waals surface area contributed by atoms with Gasteiger partial charge in [0.1, 0.15) is 0 Å². The van der Waals surface area contributed by atoms with Crippen LogP contribution >= 0.6 is 11.6 Å². The average Bonchev–Trinajstić information content (AvgIpc) is 2.86. The van der Waals surface area contributed by atoms with Crippen molar-refractivity contribution in [2.75, 3.05) is 13.1 Å². The molecule has 2 amide bonds. The molecule has 0 spiro atoms. The van der Waals surface area contributed by atoms with E-state index >= 15 is 0 Å². The lowest BCUT2D eigenvalue weighted by Crippen LogP contribution is -2.97. The van der Waals surface area contributed by atoms with E-state index in [1.165, 1.54) is 16.4 Å². The first-order valence-electron chi connectivity index (χ1n) is 7.80. The van der Waals surface area contributed by atoms with Crippen molar-refractivity contribution in [2.24, 2.45) is 0 Å². The molecule has 130 valence electrons. The third-order valence-electron chi connectivity index (χ3n) is 4.46. The highest BCUT2D eigenvalue weighted by Crippen LogP contribution is 2.21. The van der Waals surface area contributed by atoms with E-state index in [2.05, 4.69) is 5.32 Å². The number of imide groups is 1. The van der Waals surface area contributed by atoms with Crippen molar-refractivity contribution in [2.45, 2.75) is 36.2 Å². The van der Waals surface area contributed by atoms with Crippen LogP contribution in [0.4, 0.5) is 0 Å². The number of benzene rings is 1. The van der Waals surface area contributed by atoms with Crippen LogP contribution in [0.2, 0.25) is 5.02 Å². The Morgan fingerprint density at radius 3 is 2.29 bits per heavy atom. The van der Waals surface area contributed by atoms with Gasteiger partial charge < -0.3 is 5.32 Å². The van der Waals surface area contributed by atoms with Crippen LogP contribution in [-0.2, 0) is 19.6 Å². The van der Waals surface area contributed by atoms with Crippen LogP contribution in [0, 0.1) is 0 Å².